The zero-order valence-electron chi connectivity index (χ0n) is 9.28. The first kappa shape index (κ1) is 13.5. The molecule has 84 valence electrons. The Balaban J connectivity index is 3.90. The van der Waals surface area contributed by atoms with Gasteiger partial charge in [0, 0.05) is 6.92 Å². The lowest BCUT2D eigenvalue weighted by Gasteiger charge is -2.16. The summed E-state index contributed by atoms with van der Waals surface area (Å²) in [5.41, 5.74) is 0. The van der Waals surface area contributed by atoms with E-state index < -0.39 is 5.97 Å². The average molecular weight is 211 g/mol. The third kappa shape index (κ3) is 6.55. The first-order valence-corrected chi connectivity index (χ1v) is 4.96. The molecule has 0 saturated heterocycles. The summed E-state index contributed by atoms with van der Waals surface area (Å²) in [5.74, 6) is 1.69. The third-order valence-electron chi connectivity index (χ3n) is 1.81. The van der Waals surface area contributed by atoms with Gasteiger partial charge in [-0.2, -0.15) is 0 Å². The monoisotopic (exact) mass is 211 g/mol. The van der Waals surface area contributed by atoms with Crippen LogP contribution in [-0.2, 0) is 14.3 Å². The molecule has 0 fully saturated rings. The van der Waals surface area contributed by atoms with Gasteiger partial charge in [-0.15, -0.1) is 6.42 Å². The summed E-state index contributed by atoms with van der Waals surface area (Å²) in [4.78, 5) is 23.5. The average Bonchev–Trinajstić information content (AvgIpc) is 2.17. The fraction of sp³-hybridized carbons (Fsp3) is 0.636. The van der Waals surface area contributed by atoms with E-state index in [4.69, 9.17) is 11.2 Å². The van der Waals surface area contributed by atoms with Gasteiger partial charge in [0.1, 0.15) is 6.54 Å². The van der Waals surface area contributed by atoms with Crippen LogP contribution in [0.2, 0.25) is 0 Å². The van der Waals surface area contributed by atoms with Gasteiger partial charge in [-0.05, 0) is 6.42 Å². The van der Waals surface area contributed by atoms with Crippen molar-refractivity contribution in [3.8, 4) is 12.3 Å². The maximum absolute atomic E-state index is 11.2. The summed E-state index contributed by atoms with van der Waals surface area (Å²) in [5, 5.41) is 0. The number of hydrogen-bond donors (Lipinski definition) is 0. The van der Waals surface area contributed by atoms with Crippen molar-refractivity contribution in [3.05, 3.63) is 0 Å². The molecular formula is C11H17NO3. The Kier molecular flexibility index (Phi) is 7.08. The van der Waals surface area contributed by atoms with Crippen molar-refractivity contribution >= 4 is 11.9 Å². The van der Waals surface area contributed by atoms with Gasteiger partial charge in [0.15, 0.2) is 0 Å². The zero-order valence-corrected chi connectivity index (χ0v) is 9.28. The minimum Gasteiger partial charge on any atom is -0.464 e. The van der Waals surface area contributed by atoms with Gasteiger partial charge >= 0.3 is 5.97 Å². The first-order chi connectivity index (χ1) is 7.11. The molecule has 4 nitrogen and oxygen atoms in total. The van der Waals surface area contributed by atoms with Crippen LogP contribution in [-0.4, -0.2) is 36.5 Å². The first-order valence-electron chi connectivity index (χ1n) is 4.96. The van der Waals surface area contributed by atoms with Crippen LogP contribution < -0.4 is 0 Å². The molecule has 4 heteroatoms. The number of rotatable bonds is 6. The smallest absolute Gasteiger partial charge is 0.325 e. The number of esters is 1. The molecule has 0 radical (unpaired) electrons. The van der Waals surface area contributed by atoms with Crippen LogP contribution in [0.5, 0.6) is 0 Å². The van der Waals surface area contributed by atoms with E-state index in [1.165, 1.54) is 11.8 Å². The largest absolute Gasteiger partial charge is 0.464 e. The summed E-state index contributed by atoms with van der Waals surface area (Å²) in [6.45, 7) is 3.85. The molecule has 0 aromatic heterocycles. The summed E-state index contributed by atoms with van der Waals surface area (Å²) in [7, 11) is 0. The van der Waals surface area contributed by atoms with E-state index in [1.807, 2.05) is 6.92 Å². The molecule has 1 amide bonds. The second kappa shape index (κ2) is 7.86. The SMILES string of the molecule is C#CCN(CC(=O)OCCCC)C(C)=O. The molecule has 0 N–H and O–H groups in total. The van der Waals surface area contributed by atoms with E-state index in [0.29, 0.717) is 6.61 Å². The van der Waals surface area contributed by atoms with Crippen LogP contribution in [0.1, 0.15) is 26.7 Å². The molecule has 0 aromatic carbocycles. The highest BCUT2D eigenvalue weighted by Crippen LogP contribution is 1.93. The molecule has 0 aliphatic rings. The molecule has 0 bridgehead atoms. The van der Waals surface area contributed by atoms with E-state index in [2.05, 4.69) is 5.92 Å². The lowest BCUT2D eigenvalue weighted by molar-refractivity contribution is -0.148. The summed E-state index contributed by atoms with van der Waals surface area (Å²) in [6.07, 6.45) is 6.87. The Labute approximate surface area is 90.6 Å². The molecular weight excluding hydrogens is 194 g/mol. The van der Waals surface area contributed by atoms with Gasteiger partial charge in [-0.1, -0.05) is 19.3 Å². The van der Waals surface area contributed by atoms with Crippen molar-refractivity contribution in [2.24, 2.45) is 0 Å². The van der Waals surface area contributed by atoms with E-state index in [0.717, 1.165) is 12.8 Å². The van der Waals surface area contributed by atoms with Crippen molar-refractivity contribution in [2.75, 3.05) is 19.7 Å². The van der Waals surface area contributed by atoms with Crippen LogP contribution >= 0.6 is 0 Å². The normalized spacial score (nSPS) is 9.13. The molecule has 0 rings (SSSR count). The predicted octanol–water partition coefficient (Wildman–Crippen LogP) is 0.811. The maximum Gasteiger partial charge on any atom is 0.325 e. The molecule has 0 saturated carbocycles. The molecule has 0 aliphatic carbocycles. The van der Waals surface area contributed by atoms with Gasteiger partial charge in [0.2, 0.25) is 5.91 Å². The number of ether oxygens (including phenoxy) is 1. The van der Waals surface area contributed by atoms with Gasteiger partial charge in [0.05, 0.1) is 13.2 Å². The minimum atomic E-state index is -0.408. The highest BCUT2D eigenvalue weighted by Gasteiger charge is 2.12. The molecule has 0 unspecified atom stereocenters. The van der Waals surface area contributed by atoms with Crippen molar-refractivity contribution in [1.82, 2.24) is 4.90 Å². The molecule has 0 aromatic rings. The molecule has 0 spiro atoms. The van der Waals surface area contributed by atoms with Crippen molar-refractivity contribution in [1.29, 1.82) is 0 Å². The van der Waals surface area contributed by atoms with Crippen LogP contribution in [0.15, 0.2) is 0 Å². The second-order valence-corrected chi connectivity index (χ2v) is 3.15. The zero-order chi connectivity index (χ0) is 11.7. The maximum atomic E-state index is 11.2. The van der Waals surface area contributed by atoms with Gasteiger partial charge in [-0.3, -0.25) is 9.59 Å². The summed E-state index contributed by atoms with van der Waals surface area (Å²) in [6, 6.07) is 0. The van der Waals surface area contributed by atoms with Crippen LogP contribution in [0, 0.1) is 12.3 Å². The number of hydrogen-bond acceptors (Lipinski definition) is 3. The van der Waals surface area contributed by atoms with Gasteiger partial charge < -0.3 is 9.64 Å². The fourth-order valence-electron chi connectivity index (χ4n) is 0.921. The number of amides is 1. The molecule has 15 heavy (non-hydrogen) atoms. The Morgan fingerprint density at radius 3 is 2.60 bits per heavy atom. The van der Waals surface area contributed by atoms with Crippen molar-refractivity contribution in [3.63, 3.8) is 0 Å². The number of carbonyl (C=O) groups is 2. The van der Waals surface area contributed by atoms with Crippen LogP contribution in [0.3, 0.4) is 0 Å². The molecule has 0 aliphatic heterocycles. The highest BCUT2D eigenvalue weighted by molar-refractivity contribution is 5.80. The Hall–Kier alpha value is -1.50. The van der Waals surface area contributed by atoms with Crippen molar-refractivity contribution < 1.29 is 14.3 Å². The van der Waals surface area contributed by atoms with Gasteiger partial charge in [0.25, 0.3) is 0 Å². The van der Waals surface area contributed by atoms with Gasteiger partial charge in [-0.25, -0.2) is 0 Å². The fourth-order valence-corrected chi connectivity index (χ4v) is 0.921. The van der Waals surface area contributed by atoms with E-state index >= 15 is 0 Å². The number of unbranched alkanes of at least 4 members (excludes halogenated alkanes) is 1. The molecule has 0 atom stereocenters. The number of carbonyl (C=O) groups excluding carboxylic acids is 2. The standard InChI is InChI=1S/C11H17NO3/c1-4-6-8-15-11(14)9-12(7-5-2)10(3)13/h2H,4,6-9H2,1,3H3. The lowest BCUT2D eigenvalue weighted by atomic mass is 10.4. The Morgan fingerprint density at radius 1 is 1.47 bits per heavy atom. The lowest BCUT2D eigenvalue weighted by Crippen LogP contribution is -2.35. The van der Waals surface area contributed by atoms with Crippen molar-refractivity contribution in [2.45, 2.75) is 26.7 Å². The molecule has 0 heterocycles. The van der Waals surface area contributed by atoms with E-state index in [9.17, 15) is 9.59 Å². The Bertz CT molecular complexity index is 255. The topological polar surface area (TPSA) is 46.6 Å². The second-order valence-electron chi connectivity index (χ2n) is 3.15. The predicted molar refractivity (Wildman–Crippen MR) is 57.0 cm³/mol. The minimum absolute atomic E-state index is 0.0662. The summed E-state index contributed by atoms with van der Waals surface area (Å²) < 4.78 is 4.91. The van der Waals surface area contributed by atoms with Crippen LogP contribution in [0.4, 0.5) is 0 Å². The number of nitrogens with zero attached hydrogens (tertiary/aromatic N) is 1. The highest BCUT2D eigenvalue weighted by atomic mass is 16.5. The Morgan fingerprint density at radius 2 is 2.13 bits per heavy atom. The third-order valence-corrected chi connectivity index (χ3v) is 1.81. The van der Waals surface area contributed by atoms with Crippen LogP contribution in [0.25, 0.3) is 0 Å². The van der Waals surface area contributed by atoms with E-state index in [-0.39, 0.29) is 19.0 Å². The van der Waals surface area contributed by atoms with E-state index in [1.54, 1.807) is 0 Å². The summed E-state index contributed by atoms with van der Waals surface area (Å²) >= 11 is 0. The quantitative estimate of drug-likeness (QED) is 0.371. The number of terminal acetylenes is 1.